The summed E-state index contributed by atoms with van der Waals surface area (Å²) in [5.74, 6) is -0.892. The molecule has 0 saturated carbocycles. The zero-order valence-electron chi connectivity index (χ0n) is 18.7. The van der Waals surface area contributed by atoms with Crippen molar-refractivity contribution in [3.63, 3.8) is 0 Å². The van der Waals surface area contributed by atoms with E-state index in [0.29, 0.717) is 11.1 Å². The monoisotopic (exact) mass is 462 g/mol. The minimum absolute atomic E-state index is 0.0129. The molecule has 0 aliphatic carbocycles. The number of pyridine rings is 1. The lowest BCUT2D eigenvalue weighted by Gasteiger charge is -2.10. The fourth-order valence-corrected chi connectivity index (χ4v) is 3.41. The summed E-state index contributed by atoms with van der Waals surface area (Å²) < 4.78 is 5.05. The second kappa shape index (κ2) is 11.6. The van der Waals surface area contributed by atoms with Crippen LogP contribution in [0, 0.1) is 0 Å². The van der Waals surface area contributed by atoms with E-state index in [-0.39, 0.29) is 40.4 Å². The Labute approximate surface area is 197 Å². The summed E-state index contributed by atoms with van der Waals surface area (Å²) in [6.45, 7) is 1.86. The number of hydrogen-bond donors (Lipinski definition) is 4. The predicted octanol–water partition coefficient (Wildman–Crippen LogP) is 1.90. The van der Waals surface area contributed by atoms with E-state index >= 15 is 0 Å². The van der Waals surface area contributed by atoms with E-state index in [0.717, 1.165) is 19.5 Å². The number of nitrogens with two attached hydrogens (primary N) is 1. The van der Waals surface area contributed by atoms with Gasteiger partial charge in [0.05, 0.1) is 18.2 Å². The number of nitrogens with one attached hydrogen (secondary N) is 2. The lowest BCUT2D eigenvalue weighted by molar-refractivity contribution is 0.0938. The number of phenolic OH excluding ortho intramolecular Hbond substituents is 1. The van der Waals surface area contributed by atoms with Crippen LogP contribution in [0.15, 0.2) is 67.0 Å². The van der Waals surface area contributed by atoms with Crippen LogP contribution in [0.3, 0.4) is 0 Å². The quantitative estimate of drug-likeness (QED) is 0.410. The zero-order chi connectivity index (χ0) is 24.5. The number of benzene rings is 2. The van der Waals surface area contributed by atoms with Gasteiger partial charge in [0.1, 0.15) is 11.5 Å². The van der Waals surface area contributed by atoms with Crippen LogP contribution >= 0.6 is 0 Å². The molecular formula is C25H26N4O5. The minimum Gasteiger partial charge on any atom is -0.507 e. The number of ketones is 1. The number of phenols is 1. The summed E-state index contributed by atoms with van der Waals surface area (Å²) in [6, 6.07) is 14.3. The molecule has 2 aromatic carbocycles. The molecule has 0 bridgehead atoms. The molecule has 1 aliphatic heterocycles. The van der Waals surface area contributed by atoms with Crippen molar-refractivity contribution >= 4 is 17.6 Å². The van der Waals surface area contributed by atoms with Crippen molar-refractivity contribution < 1.29 is 24.2 Å². The van der Waals surface area contributed by atoms with Gasteiger partial charge >= 0.3 is 0 Å². The van der Waals surface area contributed by atoms with Gasteiger partial charge in [0.25, 0.3) is 11.8 Å². The Morgan fingerprint density at radius 2 is 1.79 bits per heavy atom. The Morgan fingerprint density at radius 1 is 1.06 bits per heavy atom. The van der Waals surface area contributed by atoms with Gasteiger partial charge in [0.2, 0.25) is 0 Å². The lowest BCUT2D eigenvalue weighted by Crippen LogP contribution is -2.36. The maximum atomic E-state index is 12.3. The van der Waals surface area contributed by atoms with E-state index < -0.39 is 5.91 Å². The van der Waals surface area contributed by atoms with Crippen LogP contribution in [0.5, 0.6) is 11.5 Å². The van der Waals surface area contributed by atoms with Crippen molar-refractivity contribution in [1.82, 2.24) is 15.6 Å². The fraction of sp³-hybridized carbons (Fsp3) is 0.200. The fourth-order valence-electron chi connectivity index (χ4n) is 3.41. The van der Waals surface area contributed by atoms with Gasteiger partial charge in [-0.15, -0.1) is 0 Å². The zero-order valence-corrected chi connectivity index (χ0v) is 18.7. The van der Waals surface area contributed by atoms with Crippen LogP contribution in [-0.2, 0) is 0 Å². The molecule has 4 rings (SSSR count). The van der Waals surface area contributed by atoms with Gasteiger partial charge in [-0.25, -0.2) is 0 Å². The van der Waals surface area contributed by atoms with Crippen LogP contribution < -0.4 is 21.1 Å². The van der Waals surface area contributed by atoms with Gasteiger partial charge in [0, 0.05) is 36.1 Å². The number of hydrogen-bond acceptors (Lipinski definition) is 7. The molecule has 0 radical (unpaired) electrons. The number of amides is 2. The number of aromatic hydroxyl groups is 1. The Morgan fingerprint density at radius 3 is 2.41 bits per heavy atom. The van der Waals surface area contributed by atoms with Gasteiger partial charge in [-0.3, -0.25) is 19.4 Å². The van der Waals surface area contributed by atoms with Gasteiger partial charge in [-0.05, 0) is 55.4 Å². The molecule has 0 unspecified atom stereocenters. The molecule has 1 aliphatic rings. The van der Waals surface area contributed by atoms with E-state index in [4.69, 9.17) is 10.5 Å². The molecule has 34 heavy (non-hydrogen) atoms. The second-order valence-corrected chi connectivity index (χ2v) is 7.52. The van der Waals surface area contributed by atoms with Gasteiger partial charge < -0.3 is 26.2 Å². The van der Waals surface area contributed by atoms with Crippen molar-refractivity contribution in [1.29, 1.82) is 0 Å². The molecule has 5 N–H and O–H groups in total. The van der Waals surface area contributed by atoms with Crippen molar-refractivity contribution in [3.05, 3.63) is 89.2 Å². The van der Waals surface area contributed by atoms with Crippen LogP contribution in [0.2, 0.25) is 0 Å². The van der Waals surface area contributed by atoms with E-state index in [1.165, 1.54) is 37.4 Å². The third kappa shape index (κ3) is 6.17. The highest BCUT2D eigenvalue weighted by Crippen LogP contribution is 2.24. The standard InChI is InChI=1S/C15H13NO4.C10H13N3O/c1-20-13-8-9(6-7-11(13)15(16)19)14(18)10-4-2-3-5-12(10)17;14-10(8-1-4-11-5-2-8)13-9-3-6-12-7-9/h2-8,17H,1H3,(H2,16,19);1-2,4-5,9,12H,3,6-7H2,(H,13,14)/t;9-/m.0/s1. The lowest BCUT2D eigenvalue weighted by atomic mass is 10.0. The summed E-state index contributed by atoms with van der Waals surface area (Å²) in [5.41, 5.74) is 6.56. The Bertz CT molecular complexity index is 1160. The Kier molecular flexibility index (Phi) is 8.31. The second-order valence-electron chi connectivity index (χ2n) is 7.52. The van der Waals surface area contributed by atoms with Crippen LogP contribution in [0.4, 0.5) is 0 Å². The van der Waals surface area contributed by atoms with Gasteiger partial charge in [-0.1, -0.05) is 12.1 Å². The first-order chi connectivity index (χ1) is 16.4. The van der Waals surface area contributed by atoms with E-state index in [9.17, 15) is 19.5 Å². The van der Waals surface area contributed by atoms with E-state index in [2.05, 4.69) is 15.6 Å². The van der Waals surface area contributed by atoms with E-state index in [1.807, 2.05) is 0 Å². The summed E-state index contributed by atoms with van der Waals surface area (Å²) in [4.78, 5) is 39.0. The highest BCUT2D eigenvalue weighted by molar-refractivity contribution is 6.11. The number of para-hydroxylation sites is 1. The number of methoxy groups -OCH3 is 1. The first-order valence-corrected chi connectivity index (χ1v) is 10.6. The smallest absolute Gasteiger partial charge is 0.252 e. The predicted molar refractivity (Wildman–Crippen MR) is 126 cm³/mol. The summed E-state index contributed by atoms with van der Waals surface area (Å²) in [6.07, 6.45) is 4.26. The first-order valence-electron chi connectivity index (χ1n) is 10.6. The molecule has 9 heteroatoms. The molecule has 2 amide bonds. The van der Waals surface area contributed by atoms with Crippen molar-refractivity contribution in [2.45, 2.75) is 12.5 Å². The van der Waals surface area contributed by atoms with Crippen LogP contribution in [0.25, 0.3) is 0 Å². The maximum Gasteiger partial charge on any atom is 0.252 e. The maximum absolute atomic E-state index is 12.3. The number of aromatic nitrogens is 1. The van der Waals surface area contributed by atoms with Crippen molar-refractivity contribution in [2.24, 2.45) is 5.73 Å². The number of ether oxygens (including phenoxy) is 1. The third-order valence-electron chi connectivity index (χ3n) is 5.22. The first kappa shape index (κ1) is 24.4. The molecule has 9 nitrogen and oxygen atoms in total. The highest BCUT2D eigenvalue weighted by atomic mass is 16.5. The summed E-state index contributed by atoms with van der Waals surface area (Å²) >= 11 is 0. The van der Waals surface area contributed by atoms with Gasteiger partial charge in [-0.2, -0.15) is 0 Å². The van der Waals surface area contributed by atoms with E-state index in [1.54, 1.807) is 36.7 Å². The number of primary amides is 1. The van der Waals surface area contributed by atoms with Crippen molar-refractivity contribution in [2.75, 3.05) is 20.2 Å². The number of nitrogens with zero attached hydrogens (tertiary/aromatic N) is 1. The molecule has 1 saturated heterocycles. The molecule has 3 aromatic rings. The molecule has 1 atom stereocenters. The molecule has 176 valence electrons. The molecular weight excluding hydrogens is 436 g/mol. The summed E-state index contributed by atoms with van der Waals surface area (Å²) in [5, 5.41) is 15.9. The average Bonchev–Trinajstić information content (AvgIpc) is 3.37. The number of carbonyl (C=O) groups excluding carboxylic acids is 3. The Hall–Kier alpha value is -4.24. The normalized spacial score (nSPS) is 14.4. The van der Waals surface area contributed by atoms with Crippen LogP contribution in [0.1, 0.15) is 43.1 Å². The molecule has 1 fully saturated rings. The van der Waals surface area contributed by atoms with Crippen LogP contribution in [-0.4, -0.2) is 53.9 Å². The average molecular weight is 463 g/mol. The third-order valence-corrected chi connectivity index (χ3v) is 5.22. The SMILES string of the molecule is COc1cc(C(=O)c2ccccc2O)ccc1C(N)=O.O=C(N[C@H]1CCNC1)c1ccncc1. The largest absolute Gasteiger partial charge is 0.507 e. The number of rotatable bonds is 6. The Balaban J connectivity index is 0.000000202. The minimum atomic E-state index is -0.636. The molecule has 0 spiro atoms. The topological polar surface area (TPSA) is 144 Å². The molecule has 1 aromatic heterocycles. The van der Waals surface area contributed by atoms with Gasteiger partial charge in [0.15, 0.2) is 5.78 Å². The van der Waals surface area contributed by atoms with Crippen molar-refractivity contribution in [3.8, 4) is 11.5 Å². The number of carbonyl (C=O) groups is 3. The highest BCUT2D eigenvalue weighted by Gasteiger charge is 2.18. The summed E-state index contributed by atoms with van der Waals surface area (Å²) in [7, 11) is 1.38. The molecule has 2 heterocycles.